The summed E-state index contributed by atoms with van der Waals surface area (Å²) in [7, 11) is 1.43. The molecule has 3 amide bonds. The van der Waals surface area contributed by atoms with Crippen molar-refractivity contribution < 1.29 is 14.4 Å². The van der Waals surface area contributed by atoms with Crippen LogP contribution in [0, 0.1) is 0 Å². The Kier molecular flexibility index (Phi) is 4.29. The van der Waals surface area contributed by atoms with Crippen LogP contribution >= 0.6 is 11.3 Å². The number of amides is 3. The van der Waals surface area contributed by atoms with Gasteiger partial charge in [-0.15, -0.1) is 11.3 Å². The van der Waals surface area contributed by atoms with Crippen LogP contribution in [0.3, 0.4) is 0 Å². The minimum absolute atomic E-state index is 0.242. The van der Waals surface area contributed by atoms with Gasteiger partial charge in [0, 0.05) is 30.7 Å². The topological polar surface area (TPSA) is 71.7 Å². The van der Waals surface area contributed by atoms with E-state index in [1.54, 1.807) is 0 Å². The fourth-order valence-electron chi connectivity index (χ4n) is 2.93. The van der Waals surface area contributed by atoms with E-state index in [1.165, 1.54) is 36.6 Å². The zero-order chi connectivity index (χ0) is 19.0. The summed E-state index contributed by atoms with van der Waals surface area (Å²) in [5.41, 5.74) is 1.94. The Morgan fingerprint density at radius 3 is 2.56 bits per heavy atom. The van der Waals surface area contributed by atoms with Crippen LogP contribution in [-0.4, -0.2) is 34.2 Å². The molecule has 27 heavy (non-hydrogen) atoms. The molecule has 0 spiro atoms. The molecular formula is C20H15N3O3S. The Bertz CT molecular complexity index is 1130. The van der Waals surface area contributed by atoms with Crippen molar-refractivity contribution in [3.63, 3.8) is 0 Å². The van der Waals surface area contributed by atoms with Gasteiger partial charge in [-0.2, -0.15) is 4.99 Å². The molecule has 1 aromatic heterocycles. The molecule has 0 bridgehead atoms. The average molecular weight is 377 g/mol. The molecule has 0 radical (unpaired) electrons. The van der Waals surface area contributed by atoms with Crippen molar-refractivity contribution >= 4 is 29.1 Å². The molecule has 0 aliphatic carbocycles. The number of carbonyl (C=O) groups excluding carboxylic acids is 3. The highest BCUT2D eigenvalue weighted by molar-refractivity contribution is 7.07. The van der Waals surface area contributed by atoms with Crippen molar-refractivity contribution in [3.8, 4) is 0 Å². The molecule has 3 aromatic rings. The molecule has 1 aliphatic rings. The van der Waals surface area contributed by atoms with Crippen LogP contribution in [0.15, 0.2) is 65.1 Å². The standard InChI is InChI=1S/C20H15N3O3S/c1-22-18(25)15-8-7-14(11-16(15)19(22)26)17(24)21-20-23(9-10-27-20)12-13-5-3-2-4-6-13/h2-11H,12H2,1H3. The van der Waals surface area contributed by atoms with Crippen molar-refractivity contribution in [1.82, 2.24) is 9.47 Å². The molecule has 0 atom stereocenters. The third-order valence-electron chi connectivity index (χ3n) is 4.39. The number of nitrogens with zero attached hydrogens (tertiary/aromatic N) is 3. The van der Waals surface area contributed by atoms with Crippen LogP contribution in [0.4, 0.5) is 0 Å². The van der Waals surface area contributed by atoms with Gasteiger partial charge in [0.1, 0.15) is 0 Å². The number of aromatic nitrogens is 1. The summed E-state index contributed by atoms with van der Waals surface area (Å²) in [6.07, 6.45) is 1.88. The zero-order valence-corrected chi connectivity index (χ0v) is 15.3. The minimum Gasteiger partial charge on any atom is -0.319 e. The van der Waals surface area contributed by atoms with Gasteiger partial charge >= 0.3 is 0 Å². The van der Waals surface area contributed by atoms with E-state index in [1.807, 2.05) is 46.5 Å². The smallest absolute Gasteiger partial charge is 0.279 e. The molecule has 4 rings (SSSR count). The van der Waals surface area contributed by atoms with Crippen LogP contribution < -0.4 is 4.80 Å². The van der Waals surface area contributed by atoms with E-state index in [0.717, 1.165) is 10.5 Å². The van der Waals surface area contributed by atoms with Gasteiger partial charge in [-0.05, 0) is 23.8 Å². The molecular weight excluding hydrogens is 362 g/mol. The molecule has 0 saturated heterocycles. The van der Waals surface area contributed by atoms with Gasteiger partial charge in [0.25, 0.3) is 17.7 Å². The van der Waals surface area contributed by atoms with Crippen molar-refractivity contribution in [2.45, 2.75) is 6.54 Å². The van der Waals surface area contributed by atoms with Crippen LogP contribution in [0.1, 0.15) is 36.6 Å². The highest BCUT2D eigenvalue weighted by Gasteiger charge is 2.33. The fraction of sp³-hybridized carbons (Fsp3) is 0.100. The molecule has 134 valence electrons. The third-order valence-corrected chi connectivity index (χ3v) is 5.18. The second-order valence-corrected chi connectivity index (χ2v) is 7.02. The Morgan fingerprint density at radius 2 is 1.78 bits per heavy atom. The molecule has 2 heterocycles. The SMILES string of the molecule is CN1C(=O)c2ccc(C(=O)N=c3sccn3Cc3ccccc3)cc2C1=O. The summed E-state index contributed by atoms with van der Waals surface area (Å²) in [6, 6.07) is 14.4. The van der Waals surface area contributed by atoms with Crippen LogP contribution in [0.2, 0.25) is 0 Å². The summed E-state index contributed by atoms with van der Waals surface area (Å²) < 4.78 is 1.90. The van der Waals surface area contributed by atoms with Gasteiger partial charge in [-0.25, -0.2) is 0 Å². The first-order valence-corrected chi connectivity index (χ1v) is 9.16. The molecule has 1 aliphatic heterocycles. The summed E-state index contributed by atoms with van der Waals surface area (Å²) in [5.74, 6) is -1.21. The van der Waals surface area contributed by atoms with Gasteiger partial charge < -0.3 is 4.57 Å². The van der Waals surface area contributed by atoms with Gasteiger partial charge in [0.2, 0.25) is 0 Å². The maximum Gasteiger partial charge on any atom is 0.279 e. The first-order valence-electron chi connectivity index (χ1n) is 8.28. The van der Waals surface area contributed by atoms with Crippen LogP contribution in [-0.2, 0) is 6.54 Å². The lowest BCUT2D eigenvalue weighted by Gasteiger charge is -2.03. The van der Waals surface area contributed by atoms with Gasteiger partial charge in [0.15, 0.2) is 4.80 Å². The summed E-state index contributed by atoms with van der Waals surface area (Å²) in [5, 5.41) is 1.87. The molecule has 0 fully saturated rings. The van der Waals surface area contributed by atoms with E-state index in [-0.39, 0.29) is 17.0 Å². The van der Waals surface area contributed by atoms with E-state index < -0.39 is 11.8 Å². The first kappa shape index (κ1) is 17.1. The average Bonchev–Trinajstić information content (AvgIpc) is 3.20. The Hall–Kier alpha value is -3.32. The number of rotatable bonds is 3. The Morgan fingerprint density at radius 1 is 1.04 bits per heavy atom. The summed E-state index contributed by atoms with van der Waals surface area (Å²) in [4.78, 5) is 42.5. The first-order chi connectivity index (χ1) is 13.0. The van der Waals surface area contributed by atoms with E-state index in [9.17, 15) is 14.4 Å². The quantitative estimate of drug-likeness (QED) is 0.659. The molecule has 0 saturated carbocycles. The molecule has 6 nitrogen and oxygen atoms in total. The lowest BCUT2D eigenvalue weighted by atomic mass is 10.1. The maximum absolute atomic E-state index is 12.6. The number of benzene rings is 2. The van der Waals surface area contributed by atoms with Gasteiger partial charge in [-0.3, -0.25) is 19.3 Å². The lowest BCUT2D eigenvalue weighted by molar-refractivity contribution is 0.0693. The summed E-state index contributed by atoms with van der Waals surface area (Å²) >= 11 is 1.36. The fourth-order valence-corrected chi connectivity index (χ4v) is 3.66. The third kappa shape index (κ3) is 3.13. The predicted octanol–water partition coefficient (Wildman–Crippen LogP) is 2.56. The number of fused-ring (bicyclic) bond motifs is 1. The molecule has 0 N–H and O–H groups in total. The molecule has 7 heteroatoms. The number of imide groups is 1. The lowest BCUT2D eigenvalue weighted by Crippen LogP contribution is -2.24. The second-order valence-electron chi connectivity index (χ2n) is 6.15. The van der Waals surface area contributed by atoms with Crippen molar-refractivity contribution in [2.75, 3.05) is 7.05 Å². The predicted molar refractivity (Wildman–Crippen MR) is 101 cm³/mol. The Labute approximate surface area is 159 Å². The second kappa shape index (κ2) is 6.77. The zero-order valence-electron chi connectivity index (χ0n) is 14.5. The monoisotopic (exact) mass is 377 g/mol. The van der Waals surface area contributed by atoms with Gasteiger partial charge in [-0.1, -0.05) is 30.3 Å². The maximum atomic E-state index is 12.6. The van der Waals surface area contributed by atoms with E-state index >= 15 is 0 Å². The van der Waals surface area contributed by atoms with E-state index in [0.29, 0.717) is 16.9 Å². The van der Waals surface area contributed by atoms with Crippen molar-refractivity contribution in [1.29, 1.82) is 0 Å². The van der Waals surface area contributed by atoms with Crippen LogP contribution in [0.25, 0.3) is 0 Å². The highest BCUT2D eigenvalue weighted by atomic mass is 32.1. The largest absolute Gasteiger partial charge is 0.319 e. The van der Waals surface area contributed by atoms with Gasteiger partial charge in [0.05, 0.1) is 11.1 Å². The minimum atomic E-state index is -0.447. The van der Waals surface area contributed by atoms with E-state index in [2.05, 4.69) is 4.99 Å². The van der Waals surface area contributed by atoms with Crippen LogP contribution in [0.5, 0.6) is 0 Å². The number of thiazole rings is 1. The molecule has 0 unspecified atom stereocenters. The number of hydrogen-bond acceptors (Lipinski definition) is 4. The van der Waals surface area contributed by atoms with E-state index in [4.69, 9.17) is 0 Å². The van der Waals surface area contributed by atoms with Crippen molar-refractivity contribution in [2.24, 2.45) is 4.99 Å². The highest BCUT2D eigenvalue weighted by Crippen LogP contribution is 2.23. The normalized spacial score (nSPS) is 14.0. The molecule has 2 aromatic carbocycles. The Balaban J connectivity index is 1.65. The number of carbonyl (C=O) groups is 3. The van der Waals surface area contributed by atoms with Crippen molar-refractivity contribution in [3.05, 3.63) is 87.2 Å². The number of hydrogen-bond donors (Lipinski definition) is 0. The summed E-state index contributed by atoms with van der Waals surface area (Å²) in [6.45, 7) is 0.610.